The second kappa shape index (κ2) is 5.58. The van der Waals surface area contributed by atoms with Gasteiger partial charge in [0.05, 0.1) is 5.02 Å². The van der Waals surface area contributed by atoms with E-state index in [1.807, 2.05) is 6.07 Å². The van der Waals surface area contributed by atoms with Crippen molar-refractivity contribution in [2.75, 3.05) is 12.4 Å². The standard InChI is InChI=1S/C14H19BrClN3/c1-19-11-3-2-4-12(19)7-10(6-11)18-14-13(16)5-9(15)8-17-14/h5,8,10-12H,2-4,6-7H2,1H3,(H,17,18). The summed E-state index contributed by atoms with van der Waals surface area (Å²) in [5.74, 6) is 0.817. The smallest absolute Gasteiger partial charge is 0.145 e. The number of fused-ring (bicyclic) bond motifs is 2. The third-order valence-electron chi connectivity index (χ3n) is 4.49. The van der Waals surface area contributed by atoms with Crippen molar-refractivity contribution in [1.82, 2.24) is 9.88 Å². The van der Waals surface area contributed by atoms with Crippen molar-refractivity contribution in [3.05, 3.63) is 21.8 Å². The fourth-order valence-electron chi connectivity index (χ4n) is 3.45. The van der Waals surface area contributed by atoms with Crippen LogP contribution in [0.4, 0.5) is 5.82 Å². The van der Waals surface area contributed by atoms with Crippen LogP contribution in [0.5, 0.6) is 0 Å². The largest absolute Gasteiger partial charge is 0.366 e. The molecule has 1 aromatic rings. The average Bonchev–Trinajstić information content (AvgIpc) is 2.34. The number of nitrogens with zero attached hydrogens (tertiary/aromatic N) is 2. The number of hydrogen-bond acceptors (Lipinski definition) is 3. The van der Waals surface area contributed by atoms with Gasteiger partial charge in [-0.25, -0.2) is 4.98 Å². The number of halogens is 2. The van der Waals surface area contributed by atoms with Crippen LogP contribution < -0.4 is 5.32 Å². The van der Waals surface area contributed by atoms with E-state index >= 15 is 0 Å². The molecule has 0 aliphatic carbocycles. The fraction of sp³-hybridized carbons (Fsp3) is 0.643. The molecule has 0 spiro atoms. The molecule has 0 aromatic carbocycles. The number of nitrogens with one attached hydrogen (secondary N) is 1. The van der Waals surface area contributed by atoms with Gasteiger partial charge in [-0.2, -0.15) is 0 Å². The molecule has 3 heterocycles. The van der Waals surface area contributed by atoms with Gasteiger partial charge in [0, 0.05) is 28.8 Å². The molecule has 0 amide bonds. The van der Waals surface area contributed by atoms with Gasteiger partial charge in [0.25, 0.3) is 0 Å². The summed E-state index contributed by atoms with van der Waals surface area (Å²) in [5, 5.41) is 4.23. The van der Waals surface area contributed by atoms with Crippen LogP contribution in [0.15, 0.2) is 16.7 Å². The van der Waals surface area contributed by atoms with E-state index in [0.717, 1.165) is 22.4 Å². The lowest BCUT2D eigenvalue weighted by Gasteiger charge is -2.47. The predicted octanol–water partition coefficient (Wildman–Crippen LogP) is 3.92. The van der Waals surface area contributed by atoms with Crippen LogP contribution in [0, 0.1) is 0 Å². The van der Waals surface area contributed by atoms with Crippen molar-refractivity contribution in [2.45, 2.75) is 50.2 Å². The molecule has 0 radical (unpaired) electrons. The van der Waals surface area contributed by atoms with Crippen LogP contribution in [0.1, 0.15) is 32.1 Å². The van der Waals surface area contributed by atoms with Gasteiger partial charge in [-0.05, 0) is 54.7 Å². The van der Waals surface area contributed by atoms with E-state index < -0.39 is 0 Å². The van der Waals surface area contributed by atoms with Crippen LogP contribution in [0.25, 0.3) is 0 Å². The number of aromatic nitrogens is 1. The van der Waals surface area contributed by atoms with Crippen LogP contribution in [0.3, 0.4) is 0 Å². The molecular weight excluding hydrogens is 326 g/mol. The minimum absolute atomic E-state index is 0.498. The van der Waals surface area contributed by atoms with Gasteiger partial charge >= 0.3 is 0 Å². The summed E-state index contributed by atoms with van der Waals surface area (Å²) in [4.78, 5) is 6.95. The normalized spacial score (nSPS) is 31.2. The maximum absolute atomic E-state index is 6.23. The van der Waals surface area contributed by atoms with Crippen molar-refractivity contribution in [3.63, 3.8) is 0 Å². The molecule has 3 rings (SSSR count). The zero-order chi connectivity index (χ0) is 13.4. The molecule has 2 aliphatic heterocycles. The molecule has 1 N–H and O–H groups in total. The molecule has 2 unspecified atom stereocenters. The number of piperidine rings is 2. The summed E-state index contributed by atoms with van der Waals surface area (Å²) < 4.78 is 0.920. The molecule has 19 heavy (non-hydrogen) atoms. The van der Waals surface area contributed by atoms with Gasteiger partial charge in [0.2, 0.25) is 0 Å². The van der Waals surface area contributed by atoms with E-state index in [1.165, 1.54) is 32.1 Å². The van der Waals surface area contributed by atoms with Crippen LogP contribution in [0.2, 0.25) is 5.02 Å². The third kappa shape index (κ3) is 2.91. The molecule has 1 aromatic heterocycles. The lowest BCUT2D eigenvalue weighted by molar-refractivity contribution is 0.0608. The minimum atomic E-state index is 0.498. The number of anilines is 1. The second-order valence-corrected chi connectivity index (χ2v) is 7.02. The summed E-state index contributed by atoms with van der Waals surface area (Å²) in [6.45, 7) is 0. The lowest BCUT2D eigenvalue weighted by atomic mass is 9.82. The highest BCUT2D eigenvalue weighted by atomic mass is 79.9. The zero-order valence-corrected chi connectivity index (χ0v) is 13.4. The van der Waals surface area contributed by atoms with E-state index in [0.29, 0.717) is 11.1 Å². The second-order valence-electron chi connectivity index (χ2n) is 5.70. The average molecular weight is 345 g/mol. The highest BCUT2D eigenvalue weighted by Crippen LogP contribution is 2.34. The highest BCUT2D eigenvalue weighted by Gasteiger charge is 2.36. The maximum atomic E-state index is 6.23. The molecule has 2 atom stereocenters. The molecule has 2 bridgehead atoms. The molecule has 2 saturated heterocycles. The topological polar surface area (TPSA) is 28.2 Å². The van der Waals surface area contributed by atoms with Gasteiger partial charge in [0.15, 0.2) is 0 Å². The number of hydrogen-bond donors (Lipinski definition) is 1. The Morgan fingerprint density at radius 2 is 2.05 bits per heavy atom. The number of rotatable bonds is 2. The fourth-order valence-corrected chi connectivity index (χ4v) is 4.13. The Morgan fingerprint density at radius 1 is 1.37 bits per heavy atom. The summed E-state index contributed by atoms with van der Waals surface area (Å²) >= 11 is 9.62. The van der Waals surface area contributed by atoms with Crippen molar-refractivity contribution in [3.8, 4) is 0 Å². The maximum Gasteiger partial charge on any atom is 0.145 e. The molecule has 2 fully saturated rings. The summed E-state index contributed by atoms with van der Waals surface area (Å²) in [5.41, 5.74) is 0. The van der Waals surface area contributed by atoms with Crippen molar-refractivity contribution in [2.24, 2.45) is 0 Å². The molecule has 104 valence electrons. The van der Waals surface area contributed by atoms with Gasteiger partial charge in [0.1, 0.15) is 5.82 Å². The summed E-state index contributed by atoms with van der Waals surface area (Å²) in [6.07, 6.45) is 8.22. The highest BCUT2D eigenvalue weighted by molar-refractivity contribution is 9.10. The molecular formula is C14H19BrClN3. The first kappa shape index (κ1) is 13.7. The van der Waals surface area contributed by atoms with Crippen molar-refractivity contribution >= 4 is 33.3 Å². The Kier molecular flexibility index (Phi) is 4.01. The van der Waals surface area contributed by atoms with Gasteiger partial charge in [-0.3, -0.25) is 0 Å². The van der Waals surface area contributed by atoms with Gasteiger partial charge in [-0.1, -0.05) is 18.0 Å². The quantitative estimate of drug-likeness (QED) is 0.881. The van der Waals surface area contributed by atoms with Crippen molar-refractivity contribution < 1.29 is 0 Å². The molecule has 5 heteroatoms. The van der Waals surface area contributed by atoms with E-state index in [-0.39, 0.29) is 0 Å². The van der Waals surface area contributed by atoms with Crippen LogP contribution in [-0.2, 0) is 0 Å². The van der Waals surface area contributed by atoms with Crippen LogP contribution >= 0.6 is 27.5 Å². The van der Waals surface area contributed by atoms with E-state index in [2.05, 4.69) is 38.2 Å². The predicted molar refractivity (Wildman–Crippen MR) is 82.8 cm³/mol. The molecule has 2 aliphatic rings. The van der Waals surface area contributed by atoms with Gasteiger partial charge in [-0.15, -0.1) is 0 Å². The van der Waals surface area contributed by atoms with Gasteiger partial charge < -0.3 is 10.2 Å². The summed E-state index contributed by atoms with van der Waals surface area (Å²) in [7, 11) is 2.27. The Bertz CT molecular complexity index is 454. The Balaban J connectivity index is 1.70. The monoisotopic (exact) mass is 343 g/mol. The molecule has 3 nitrogen and oxygen atoms in total. The summed E-state index contributed by atoms with van der Waals surface area (Å²) in [6, 6.07) is 3.84. The first-order valence-electron chi connectivity index (χ1n) is 6.93. The molecule has 0 saturated carbocycles. The van der Waals surface area contributed by atoms with E-state index in [1.54, 1.807) is 6.20 Å². The first-order chi connectivity index (χ1) is 9.13. The lowest BCUT2D eigenvalue weighted by Crippen LogP contribution is -2.52. The van der Waals surface area contributed by atoms with E-state index in [9.17, 15) is 0 Å². The number of pyridine rings is 1. The Hall–Kier alpha value is -0.320. The van der Waals surface area contributed by atoms with Crippen molar-refractivity contribution in [1.29, 1.82) is 0 Å². The Labute approximate surface area is 127 Å². The van der Waals surface area contributed by atoms with Crippen LogP contribution in [-0.4, -0.2) is 35.1 Å². The SMILES string of the molecule is CN1C2CCCC1CC(Nc1ncc(Br)cc1Cl)C2. The zero-order valence-electron chi connectivity index (χ0n) is 11.1. The third-order valence-corrected chi connectivity index (χ3v) is 5.21. The minimum Gasteiger partial charge on any atom is -0.366 e. The first-order valence-corrected chi connectivity index (χ1v) is 8.10. The Morgan fingerprint density at radius 3 is 2.68 bits per heavy atom. The van der Waals surface area contributed by atoms with E-state index in [4.69, 9.17) is 11.6 Å².